The summed E-state index contributed by atoms with van der Waals surface area (Å²) in [6.45, 7) is 9.11. The number of hydrogen-bond acceptors (Lipinski definition) is 3. The molecule has 2 aliphatic rings. The van der Waals surface area contributed by atoms with E-state index in [0.29, 0.717) is 6.10 Å². The zero-order valence-corrected chi connectivity index (χ0v) is 9.87. The summed E-state index contributed by atoms with van der Waals surface area (Å²) in [6, 6.07) is 0. The van der Waals surface area contributed by atoms with E-state index in [-0.39, 0.29) is 0 Å². The highest BCUT2D eigenvalue weighted by Crippen LogP contribution is 2.15. The molecular formula is C12H24N2O. The van der Waals surface area contributed by atoms with E-state index in [1.165, 1.54) is 38.9 Å². The summed E-state index contributed by atoms with van der Waals surface area (Å²) >= 11 is 0. The highest BCUT2D eigenvalue weighted by molar-refractivity contribution is 4.73. The van der Waals surface area contributed by atoms with Crippen LogP contribution in [-0.4, -0.2) is 50.3 Å². The lowest BCUT2D eigenvalue weighted by Crippen LogP contribution is -2.41. The van der Waals surface area contributed by atoms with Gasteiger partial charge in [0.05, 0.1) is 12.7 Å². The number of rotatable bonds is 4. The Morgan fingerprint density at radius 3 is 3.13 bits per heavy atom. The molecule has 2 fully saturated rings. The predicted molar refractivity (Wildman–Crippen MR) is 62.1 cm³/mol. The van der Waals surface area contributed by atoms with Crippen molar-refractivity contribution in [3.63, 3.8) is 0 Å². The topological polar surface area (TPSA) is 24.5 Å². The third-order valence-electron chi connectivity index (χ3n) is 3.57. The summed E-state index contributed by atoms with van der Waals surface area (Å²) in [5.74, 6) is 0.948. The van der Waals surface area contributed by atoms with Crippen molar-refractivity contribution < 1.29 is 4.74 Å². The van der Waals surface area contributed by atoms with Gasteiger partial charge in [0, 0.05) is 13.1 Å². The Labute approximate surface area is 93.2 Å². The maximum Gasteiger partial charge on any atom is 0.0674 e. The molecule has 2 atom stereocenters. The fourth-order valence-corrected chi connectivity index (χ4v) is 2.66. The van der Waals surface area contributed by atoms with Crippen LogP contribution in [0, 0.1) is 5.92 Å². The van der Waals surface area contributed by atoms with Crippen molar-refractivity contribution in [1.82, 2.24) is 10.2 Å². The lowest BCUT2D eigenvalue weighted by molar-refractivity contribution is -0.0188. The minimum absolute atomic E-state index is 0.437. The van der Waals surface area contributed by atoms with Gasteiger partial charge in [-0.3, -0.25) is 4.90 Å². The van der Waals surface area contributed by atoms with Gasteiger partial charge in [0.25, 0.3) is 0 Å². The molecule has 0 spiro atoms. The van der Waals surface area contributed by atoms with Gasteiger partial charge in [-0.1, -0.05) is 0 Å². The van der Waals surface area contributed by atoms with Crippen LogP contribution in [0.4, 0.5) is 0 Å². The quantitative estimate of drug-likeness (QED) is 0.755. The van der Waals surface area contributed by atoms with Crippen LogP contribution in [0.1, 0.15) is 26.2 Å². The molecule has 0 radical (unpaired) electrons. The first-order chi connectivity index (χ1) is 7.34. The lowest BCUT2D eigenvalue weighted by atomic mass is 10.0. The molecular weight excluding hydrogens is 188 g/mol. The van der Waals surface area contributed by atoms with Gasteiger partial charge in [-0.25, -0.2) is 0 Å². The van der Waals surface area contributed by atoms with Gasteiger partial charge in [-0.15, -0.1) is 0 Å². The Bertz CT molecular complexity index is 180. The second-order valence-corrected chi connectivity index (χ2v) is 4.98. The molecule has 15 heavy (non-hydrogen) atoms. The Morgan fingerprint density at radius 2 is 2.40 bits per heavy atom. The van der Waals surface area contributed by atoms with E-state index < -0.39 is 0 Å². The SMILES string of the molecule is CC1CN(CCCC2CCNC2)CCO1. The molecule has 2 rings (SSSR count). The molecule has 0 amide bonds. The number of hydrogen-bond donors (Lipinski definition) is 1. The molecule has 0 aromatic heterocycles. The van der Waals surface area contributed by atoms with Crippen molar-refractivity contribution in [3.05, 3.63) is 0 Å². The third kappa shape index (κ3) is 3.74. The van der Waals surface area contributed by atoms with Crippen molar-refractivity contribution in [1.29, 1.82) is 0 Å². The molecule has 2 heterocycles. The normalized spacial score (nSPS) is 33.4. The Balaban J connectivity index is 1.56. The summed E-state index contributed by atoms with van der Waals surface area (Å²) in [7, 11) is 0. The predicted octanol–water partition coefficient (Wildman–Crippen LogP) is 1.10. The molecule has 0 bridgehead atoms. The summed E-state index contributed by atoms with van der Waals surface area (Å²) < 4.78 is 5.54. The van der Waals surface area contributed by atoms with Gasteiger partial charge in [-0.2, -0.15) is 0 Å². The number of nitrogens with zero attached hydrogens (tertiary/aromatic N) is 1. The van der Waals surface area contributed by atoms with E-state index >= 15 is 0 Å². The monoisotopic (exact) mass is 212 g/mol. The molecule has 1 N–H and O–H groups in total. The van der Waals surface area contributed by atoms with Gasteiger partial charge in [0.2, 0.25) is 0 Å². The van der Waals surface area contributed by atoms with Crippen molar-refractivity contribution >= 4 is 0 Å². The maximum absolute atomic E-state index is 5.54. The molecule has 2 saturated heterocycles. The molecule has 3 heteroatoms. The van der Waals surface area contributed by atoms with Crippen LogP contribution >= 0.6 is 0 Å². The summed E-state index contributed by atoms with van der Waals surface area (Å²) in [6.07, 6.45) is 4.59. The van der Waals surface area contributed by atoms with Crippen LogP contribution < -0.4 is 5.32 Å². The first kappa shape index (κ1) is 11.4. The van der Waals surface area contributed by atoms with Crippen LogP contribution in [0.25, 0.3) is 0 Å². The van der Waals surface area contributed by atoms with Gasteiger partial charge >= 0.3 is 0 Å². The molecule has 2 unspecified atom stereocenters. The van der Waals surface area contributed by atoms with Gasteiger partial charge in [-0.05, 0) is 51.7 Å². The Morgan fingerprint density at radius 1 is 1.47 bits per heavy atom. The second kappa shape index (κ2) is 5.83. The highest BCUT2D eigenvalue weighted by atomic mass is 16.5. The van der Waals surface area contributed by atoms with E-state index in [1.807, 2.05) is 0 Å². The average Bonchev–Trinajstić information content (AvgIpc) is 2.71. The minimum Gasteiger partial charge on any atom is -0.376 e. The van der Waals surface area contributed by atoms with E-state index in [9.17, 15) is 0 Å². The van der Waals surface area contributed by atoms with Gasteiger partial charge in [0.1, 0.15) is 0 Å². The Hall–Kier alpha value is -0.120. The van der Waals surface area contributed by atoms with Crippen molar-refractivity contribution in [3.8, 4) is 0 Å². The molecule has 3 nitrogen and oxygen atoms in total. The second-order valence-electron chi connectivity index (χ2n) is 4.98. The van der Waals surface area contributed by atoms with Crippen LogP contribution in [0.5, 0.6) is 0 Å². The third-order valence-corrected chi connectivity index (χ3v) is 3.57. The Kier molecular flexibility index (Phi) is 4.42. The molecule has 0 saturated carbocycles. The van der Waals surface area contributed by atoms with Gasteiger partial charge < -0.3 is 10.1 Å². The van der Waals surface area contributed by atoms with E-state index in [1.54, 1.807) is 0 Å². The average molecular weight is 212 g/mol. The van der Waals surface area contributed by atoms with E-state index in [2.05, 4.69) is 17.1 Å². The van der Waals surface area contributed by atoms with Crippen LogP contribution in [0.2, 0.25) is 0 Å². The van der Waals surface area contributed by atoms with E-state index in [0.717, 1.165) is 25.6 Å². The molecule has 0 aliphatic carbocycles. The van der Waals surface area contributed by atoms with Crippen molar-refractivity contribution in [2.45, 2.75) is 32.3 Å². The highest BCUT2D eigenvalue weighted by Gasteiger charge is 2.17. The fourth-order valence-electron chi connectivity index (χ4n) is 2.66. The summed E-state index contributed by atoms with van der Waals surface area (Å²) in [4.78, 5) is 2.55. The molecule has 0 aromatic rings. The molecule has 0 aromatic carbocycles. The summed E-state index contributed by atoms with van der Waals surface area (Å²) in [5, 5.41) is 3.43. The molecule has 2 aliphatic heterocycles. The maximum atomic E-state index is 5.54. The van der Waals surface area contributed by atoms with Crippen molar-refractivity contribution in [2.24, 2.45) is 5.92 Å². The van der Waals surface area contributed by atoms with Crippen LogP contribution in [0.3, 0.4) is 0 Å². The first-order valence-electron chi connectivity index (χ1n) is 6.39. The van der Waals surface area contributed by atoms with Gasteiger partial charge in [0.15, 0.2) is 0 Å². The van der Waals surface area contributed by atoms with Crippen molar-refractivity contribution in [2.75, 3.05) is 39.3 Å². The standard InChI is InChI=1S/C12H24N2O/c1-11-10-14(7-8-15-11)6-2-3-12-4-5-13-9-12/h11-13H,2-10H2,1H3. The fraction of sp³-hybridized carbons (Fsp3) is 1.00. The first-order valence-corrected chi connectivity index (χ1v) is 6.39. The van der Waals surface area contributed by atoms with E-state index in [4.69, 9.17) is 4.74 Å². The number of nitrogens with one attached hydrogen (secondary N) is 1. The zero-order valence-electron chi connectivity index (χ0n) is 9.87. The lowest BCUT2D eigenvalue weighted by Gasteiger charge is -2.31. The number of ether oxygens (including phenoxy) is 1. The largest absolute Gasteiger partial charge is 0.376 e. The summed E-state index contributed by atoms with van der Waals surface area (Å²) in [5.41, 5.74) is 0. The minimum atomic E-state index is 0.437. The molecule has 88 valence electrons. The van der Waals surface area contributed by atoms with Crippen LogP contribution in [-0.2, 0) is 4.74 Å². The zero-order chi connectivity index (χ0) is 10.5. The van der Waals surface area contributed by atoms with Crippen LogP contribution in [0.15, 0.2) is 0 Å². The smallest absolute Gasteiger partial charge is 0.0674 e. The number of morpholine rings is 1.